The molecular formula is C3H8NNaO4. The van der Waals surface area contributed by atoms with Crippen LogP contribution in [-0.2, 0) is 9.53 Å². The van der Waals surface area contributed by atoms with Crippen molar-refractivity contribution in [3.8, 4) is 0 Å². The maximum absolute atomic E-state index is 9.65. The maximum atomic E-state index is 9.65. The molecule has 6 heteroatoms. The van der Waals surface area contributed by atoms with Gasteiger partial charge in [0.05, 0.1) is 0 Å². The van der Waals surface area contributed by atoms with Crippen LogP contribution in [0.2, 0.25) is 0 Å². The summed E-state index contributed by atoms with van der Waals surface area (Å²) in [6.07, 6.45) is -1.56. The number of esters is 1. The van der Waals surface area contributed by atoms with Crippen molar-refractivity contribution in [2.24, 2.45) is 0 Å². The number of carboxylic acid groups (broad SMARTS) is 1. The van der Waals surface area contributed by atoms with E-state index >= 15 is 0 Å². The van der Waals surface area contributed by atoms with Gasteiger partial charge in [-0.15, -0.1) is 0 Å². The normalized spacial score (nSPS) is 5.89. The third-order valence-electron chi connectivity index (χ3n) is 0.231. The van der Waals surface area contributed by atoms with Gasteiger partial charge in [-0.25, -0.2) is 4.79 Å². The average Bonchev–Trinajstić information content (AvgIpc) is 1.27. The molecule has 0 radical (unpaired) electrons. The Balaban J connectivity index is -0.0000000600. The molecule has 0 aromatic heterocycles. The molecule has 0 aliphatic carbocycles. The van der Waals surface area contributed by atoms with Gasteiger partial charge in [-0.05, 0) is 0 Å². The Morgan fingerprint density at radius 1 is 1.56 bits per heavy atom. The first kappa shape index (κ1) is 16.0. The monoisotopic (exact) mass is 145 g/mol. The molecule has 0 bridgehead atoms. The Morgan fingerprint density at radius 3 is 1.89 bits per heavy atom. The van der Waals surface area contributed by atoms with Crippen LogP contribution < -0.4 is 35.7 Å². The molecule has 0 saturated carbocycles. The Labute approximate surface area is 75.7 Å². The van der Waals surface area contributed by atoms with E-state index in [0.29, 0.717) is 0 Å². The van der Waals surface area contributed by atoms with Crippen molar-refractivity contribution in [1.82, 2.24) is 6.15 Å². The zero-order valence-electron chi connectivity index (χ0n) is 6.38. The van der Waals surface area contributed by atoms with Gasteiger partial charge in [0.15, 0.2) is 0 Å². The number of carbonyl (C=O) groups excluding carboxylic acids is 1. The molecule has 0 atom stereocenters. The van der Waals surface area contributed by atoms with Crippen LogP contribution in [0.25, 0.3) is 0 Å². The fraction of sp³-hybridized carbons (Fsp3) is 0.333. The zero-order valence-corrected chi connectivity index (χ0v) is 7.38. The second-order valence-electron chi connectivity index (χ2n) is 0.860. The van der Waals surface area contributed by atoms with Crippen molar-refractivity contribution in [1.29, 1.82) is 0 Å². The van der Waals surface area contributed by atoms with Crippen LogP contribution >= 0.6 is 0 Å². The van der Waals surface area contributed by atoms with E-state index in [0.717, 1.165) is 6.92 Å². The summed E-state index contributed by atoms with van der Waals surface area (Å²) < 4.78 is 3.53. The quantitative estimate of drug-likeness (QED) is 0.223. The molecule has 0 aliphatic heterocycles. The third-order valence-corrected chi connectivity index (χ3v) is 0.231. The number of rotatable bonds is 0. The Kier molecular flexibility index (Phi) is 14.0. The third kappa shape index (κ3) is 18.1. The molecule has 0 aromatic carbocycles. The van der Waals surface area contributed by atoms with E-state index in [4.69, 9.17) is 5.11 Å². The van der Waals surface area contributed by atoms with E-state index in [1.807, 2.05) is 0 Å². The summed E-state index contributed by atoms with van der Waals surface area (Å²) in [6.45, 7) is 1.02. The minimum Gasteiger partial charge on any atom is -1.00 e. The van der Waals surface area contributed by atoms with Crippen LogP contribution in [0.5, 0.6) is 0 Å². The zero-order chi connectivity index (χ0) is 5.86. The molecule has 0 unspecified atom stereocenters. The molecule has 0 spiro atoms. The summed E-state index contributed by atoms with van der Waals surface area (Å²) in [5.74, 6) is -0.812. The molecule has 50 valence electrons. The summed E-state index contributed by atoms with van der Waals surface area (Å²) >= 11 is 0. The van der Waals surface area contributed by atoms with E-state index in [1.165, 1.54) is 0 Å². The van der Waals surface area contributed by atoms with Crippen molar-refractivity contribution in [2.75, 3.05) is 0 Å². The number of hydrogen-bond acceptors (Lipinski definition) is 4. The Bertz CT molecular complexity index is 96.7. The molecule has 0 aliphatic rings. The van der Waals surface area contributed by atoms with Crippen LogP contribution in [-0.4, -0.2) is 17.2 Å². The minimum absolute atomic E-state index is 0. The predicted octanol–water partition coefficient (Wildman–Crippen LogP) is -2.49. The molecule has 9 heavy (non-hydrogen) atoms. The number of carbonyl (C=O) groups is 2. The maximum Gasteiger partial charge on any atom is 1.00 e. The van der Waals surface area contributed by atoms with Crippen molar-refractivity contribution in [3.05, 3.63) is 0 Å². The van der Waals surface area contributed by atoms with Gasteiger partial charge in [0.2, 0.25) is 0 Å². The Morgan fingerprint density at radius 2 is 1.89 bits per heavy atom. The second kappa shape index (κ2) is 7.90. The predicted molar refractivity (Wildman–Crippen MR) is 25.9 cm³/mol. The summed E-state index contributed by atoms with van der Waals surface area (Å²) in [7, 11) is 0. The van der Waals surface area contributed by atoms with E-state index < -0.39 is 12.1 Å². The molecule has 0 aromatic rings. The van der Waals surface area contributed by atoms with Crippen LogP contribution in [0, 0.1) is 0 Å². The summed E-state index contributed by atoms with van der Waals surface area (Å²) in [5.41, 5.74) is 0. The van der Waals surface area contributed by atoms with Crippen LogP contribution in [0.3, 0.4) is 0 Å². The molecule has 4 N–H and O–H groups in total. The number of hydrogen-bond donors (Lipinski definition) is 2. The molecule has 5 nitrogen and oxygen atoms in total. The van der Waals surface area contributed by atoms with E-state index in [9.17, 15) is 9.59 Å². The first-order chi connectivity index (χ1) is 3.13. The van der Waals surface area contributed by atoms with Crippen molar-refractivity contribution < 1.29 is 50.4 Å². The second-order valence-corrected chi connectivity index (χ2v) is 0.860. The van der Waals surface area contributed by atoms with Gasteiger partial charge in [0.1, 0.15) is 0 Å². The average molecular weight is 145 g/mol. The fourth-order valence-electron chi connectivity index (χ4n) is 0.123. The van der Waals surface area contributed by atoms with Gasteiger partial charge in [-0.1, -0.05) is 0 Å². The van der Waals surface area contributed by atoms with Gasteiger partial charge >= 0.3 is 41.7 Å². The molecule has 0 rings (SSSR count). The van der Waals surface area contributed by atoms with E-state index in [2.05, 4.69) is 4.74 Å². The van der Waals surface area contributed by atoms with E-state index in [-0.39, 0.29) is 37.1 Å². The summed E-state index contributed by atoms with van der Waals surface area (Å²) in [6, 6.07) is 0. The van der Waals surface area contributed by atoms with Crippen molar-refractivity contribution in [2.45, 2.75) is 6.92 Å². The van der Waals surface area contributed by atoms with Crippen LogP contribution in [0.15, 0.2) is 0 Å². The molecular weight excluding hydrogens is 137 g/mol. The fourth-order valence-corrected chi connectivity index (χ4v) is 0.123. The van der Waals surface area contributed by atoms with Gasteiger partial charge in [0, 0.05) is 6.92 Å². The standard InChI is InChI=1S/C3H4O4.H3N.Na.H/c1-2(4)7-3(5)6;;;/h1H3,(H,5,6);1H3;;/q;;+1;-1. The largest absolute Gasteiger partial charge is 1.00 e. The molecule has 0 saturated heterocycles. The molecule has 0 amide bonds. The molecule has 0 heterocycles. The first-order valence-electron chi connectivity index (χ1n) is 1.54. The van der Waals surface area contributed by atoms with E-state index in [1.54, 1.807) is 0 Å². The summed E-state index contributed by atoms with van der Waals surface area (Å²) in [4.78, 5) is 19.0. The van der Waals surface area contributed by atoms with Gasteiger partial charge in [-0.3, -0.25) is 4.79 Å². The van der Waals surface area contributed by atoms with Gasteiger partial charge in [0.25, 0.3) is 0 Å². The van der Waals surface area contributed by atoms with Crippen molar-refractivity contribution in [3.63, 3.8) is 0 Å². The SMILES string of the molecule is CC(=O)OC(=O)O.N.[H-].[Na+]. The smallest absolute Gasteiger partial charge is 1.00 e. The van der Waals surface area contributed by atoms with Crippen LogP contribution in [0.1, 0.15) is 8.35 Å². The molecule has 0 fully saturated rings. The number of ether oxygens (including phenoxy) is 1. The first-order valence-corrected chi connectivity index (χ1v) is 1.54. The summed E-state index contributed by atoms with van der Waals surface area (Å²) in [5, 5.41) is 7.64. The topological polar surface area (TPSA) is 98.6 Å². The van der Waals surface area contributed by atoms with Gasteiger partial charge in [-0.2, -0.15) is 0 Å². The van der Waals surface area contributed by atoms with Gasteiger partial charge < -0.3 is 17.4 Å². The van der Waals surface area contributed by atoms with Crippen LogP contribution in [0.4, 0.5) is 4.79 Å². The minimum atomic E-state index is -1.56. The van der Waals surface area contributed by atoms with Crippen molar-refractivity contribution >= 4 is 12.1 Å². The Hall–Kier alpha value is -0.100.